The van der Waals surface area contributed by atoms with Gasteiger partial charge in [-0.05, 0) is 26.7 Å². The highest BCUT2D eigenvalue weighted by atomic mass is 32.2. The summed E-state index contributed by atoms with van der Waals surface area (Å²) in [6, 6.07) is 0.459. The molecule has 1 fully saturated rings. The van der Waals surface area contributed by atoms with Crippen LogP contribution >= 0.6 is 11.8 Å². The maximum absolute atomic E-state index is 11.7. The van der Waals surface area contributed by atoms with Crippen molar-refractivity contribution in [3.05, 3.63) is 0 Å². The Morgan fingerprint density at radius 3 is 2.50 bits per heavy atom. The zero-order valence-electron chi connectivity index (χ0n) is 9.90. The van der Waals surface area contributed by atoms with Crippen LogP contribution in [-0.2, 0) is 14.3 Å². The Morgan fingerprint density at radius 1 is 1.31 bits per heavy atom. The molecule has 1 aliphatic rings. The van der Waals surface area contributed by atoms with Crippen molar-refractivity contribution in [2.45, 2.75) is 32.7 Å². The summed E-state index contributed by atoms with van der Waals surface area (Å²) in [5.41, 5.74) is 0. The van der Waals surface area contributed by atoms with Crippen LogP contribution in [0.3, 0.4) is 0 Å². The molecular weight excluding hydrogens is 226 g/mol. The van der Waals surface area contributed by atoms with Crippen LogP contribution in [0, 0.1) is 0 Å². The van der Waals surface area contributed by atoms with Crippen molar-refractivity contribution in [2.75, 3.05) is 24.7 Å². The molecule has 0 aromatic rings. The molecule has 0 heterocycles. The molecule has 0 bridgehead atoms. The number of hydrogen-bond acceptors (Lipinski definition) is 4. The third kappa shape index (κ3) is 4.43. The number of carbonyl (C=O) groups excluding carboxylic acids is 2. The quantitative estimate of drug-likeness (QED) is 0.634. The minimum atomic E-state index is -0.241. The van der Waals surface area contributed by atoms with Gasteiger partial charge in [-0.15, -0.1) is 11.8 Å². The second-order valence-electron chi connectivity index (χ2n) is 3.71. The fraction of sp³-hybridized carbons (Fsp3) is 0.818. The van der Waals surface area contributed by atoms with Gasteiger partial charge in [0.1, 0.15) is 0 Å². The highest BCUT2D eigenvalue weighted by molar-refractivity contribution is 8.00. The standard InChI is InChI=1S/C11H19NO3S/c1-3-12(9-5-6-9)10(13)7-16-8-11(14)15-4-2/h9H,3-8H2,1-2H3. The van der Waals surface area contributed by atoms with Gasteiger partial charge in [-0.3, -0.25) is 9.59 Å². The van der Waals surface area contributed by atoms with E-state index in [9.17, 15) is 9.59 Å². The van der Waals surface area contributed by atoms with Crippen LogP contribution in [-0.4, -0.2) is 47.5 Å². The van der Waals surface area contributed by atoms with E-state index in [1.54, 1.807) is 6.92 Å². The van der Waals surface area contributed by atoms with Crippen LogP contribution < -0.4 is 0 Å². The largest absolute Gasteiger partial charge is 0.465 e. The summed E-state index contributed by atoms with van der Waals surface area (Å²) in [7, 11) is 0. The topological polar surface area (TPSA) is 46.6 Å². The van der Waals surface area contributed by atoms with Crippen LogP contribution in [0.1, 0.15) is 26.7 Å². The molecule has 0 radical (unpaired) electrons. The van der Waals surface area contributed by atoms with E-state index in [2.05, 4.69) is 0 Å². The second-order valence-corrected chi connectivity index (χ2v) is 4.69. The zero-order chi connectivity index (χ0) is 12.0. The van der Waals surface area contributed by atoms with E-state index in [1.807, 2.05) is 11.8 Å². The number of hydrogen-bond donors (Lipinski definition) is 0. The third-order valence-corrected chi connectivity index (χ3v) is 3.29. The van der Waals surface area contributed by atoms with Crippen molar-refractivity contribution < 1.29 is 14.3 Å². The monoisotopic (exact) mass is 245 g/mol. The summed E-state index contributed by atoms with van der Waals surface area (Å²) in [5.74, 6) is 0.541. The van der Waals surface area contributed by atoms with Gasteiger partial charge in [0.15, 0.2) is 0 Å². The molecule has 0 aromatic carbocycles. The fourth-order valence-corrected chi connectivity index (χ4v) is 2.22. The first-order valence-corrected chi connectivity index (χ1v) is 6.87. The zero-order valence-corrected chi connectivity index (χ0v) is 10.7. The third-order valence-electron chi connectivity index (χ3n) is 2.40. The van der Waals surface area contributed by atoms with Gasteiger partial charge in [0.25, 0.3) is 0 Å². The minimum Gasteiger partial charge on any atom is -0.465 e. The number of nitrogens with zero attached hydrogens (tertiary/aromatic N) is 1. The van der Waals surface area contributed by atoms with E-state index < -0.39 is 0 Å². The number of thioether (sulfide) groups is 1. The molecule has 5 heteroatoms. The second kappa shape index (κ2) is 6.78. The van der Waals surface area contributed by atoms with Gasteiger partial charge in [0.05, 0.1) is 18.1 Å². The van der Waals surface area contributed by atoms with Crippen molar-refractivity contribution in [2.24, 2.45) is 0 Å². The summed E-state index contributed by atoms with van der Waals surface area (Å²) in [4.78, 5) is 24.7. The summed E-state index contributed by atoms with van der Waals surface area (Å²) < 4.78 is 4.79. The van der Waals surface area contributed by atoms with E-state index in [4.69, 9.17) is 4.74 Å². The summed E-state index contributed by atoms with van der Waals surface area (Å²) in [6.45, 7) is 4.94. The van der Waals surface area contributed by atoms with Gasteiger partial charge in [0, 0.05) is 12.6 Å². The Balaban J connectivity index is 2.16. The SMILES string of the molecule is CCOC(=O)CSCC(=O)N(CC)C1CC1. The van der Waals surface area contributed by atoms with Crippen LogP contribution in [0.15, 0.2) is 0 Å². The molecule has 0 saturated heterocycles. The first-order chi connectivity index (χ1) is 7.69. The number of carbonyl (C=O) groups is 2. The normalized spacial score (nSPS) is 14.6. The summed E-state index contributed by atoms with van der Waals surface area (Å²) in [5, 5.41) is 0. The molecule has 0 atom stereocenters. The lowest BCUT2D eigenvalue weighted by Crippen LogP contribution is -2.34. The van der Waals surface area contributed by atoms with Crippen molar-refractivity contribution in [3.8, 4) is 0 Å². The fourth-order valence-electron chi connectivity index (χ4n) is 1.53. The molecule has 0 aliphatic heterocycles. The number of esters is 1. The van der Waals surface area contributed by atoms with Crippen molar-refractivity contribution >= 4 is 23.6 Å². The van der Waals surface area contributed by atoms with Crippen LogP contribution in [0.5, 0.6) is 0 Å². The van der Waals surface area contributed by atoms with E-state index >= 15 is 0 Å². The maximum Gasteiger partial charge on any atom is 0.315 e. The van der Waals surface area contributed by atoms with Crippen molar-refractivity contribution in [1.82, 2.24) is 4.90 Å². The minimum absolute atomic E-state index is 0.138. The average Bonchev–Trinajstić information content (AvgIpc) is 3.03. The Labute approximate surface area is 101 Å². The predicted octanol–water partition coefficient (Wildman–Crippen LogP) is 1.29. The predicted molar refractivity (Wildman–Crippen MR) is 64.4 cm³/mol. The molecule has 0 unspecified atom stereocenters. The van der Waals surface area contributed by atoms with E-state index in [0.717, 1.165) is 19.4 Å². The Kier molecular flexibility index (Phi) is 5.66. The molecule has 92 valence electrons. The molecule has 0 aromatic heterocycles. The Morgan fingerprint density at radius 2 is 2.00 bits per heavy atom. The number of ether oxygens (including phenoxy) is 1. The van der Waals surface area contributed by atoms with Crippen molar-refractivity contribution in [1.29, 1.82) is 0 Å². The summed E-state index contributed by atoms with van der Waals surface area (Å²) >= 11 is 1.33. The molecule has 16 heavy (non-hydrogen) atoms. The van der Waals surface area contributed by atoms with E-state index in [-0.39, 0.29) is 17.6 Å². The first kappa shape index (κ1) is 13.4. The van der Waals surface area contributed by atoms with Crippen LogP contribution in [0.25, 0.3) is 0 Å². The smallest absolute Gasteiger partial charge is 0.315 e. The average molecular weight is 245 g/mol. The maximum atomic E-state index is 11.7. The van der Waals surface area contributed by atoms with Crippen LogP contribution in [0.2, 0.25) is 0 Å². The summed E-state index contributed by atoms with van der Waals surface area (Å²) in [6.07, 6.45) is 2.25. The highest BCUT2D eigenvalue weighted by Crippen LogP contribution is 2.27. The lowest BCUT2D eigenvalue weighted by atomic mass is 10.4. The number of rotatable bonds is 7. The lowest BCUT2D eigenvalue weighted by molar-refractivity contribution is -0.139. The Hall–Kier alpha value is -0.710. The molecule has 1 saturated carbocycles. The van der Waals surface area contributed by atoms with Gasteiger partial charge in [0.2, 0.25) is 5.91 Å². The van der Waals surface area contributed by atoms with Gasteiger partial charge in [-0.25, -0.2) is 0 Å². The van der Waals surface area contributed by atoms with E-state index in [1.165, 1.54) is 11.8 Å². The van der Waals surface area contributed by atoms with Crippen LogP contribution in [0.4, 0.5) is 0 Å². The number of amides is 1. The molecule has 0 N–H and O–H groups in total. The molecule has 1 aliphatic carbocycles. The first-order valence-electron chi connectivity index (χ1n) is 5.71. The van der Waals surface area contributed by atoms with Crippen molar-refractivity contribution in [3.63, 3.8) is 0 Å². The van der Waals surface area contributed by atoms with Gasteiger partial charge >= 0.3 is 5.97 Å². The molecule has 4 nitrogen and oxygen atoms in total. The molecule has 1 rings (SSSR count). The molecular formula is C11H19NO3S. The molecule has 0 spiro atoms. The van der Waals surface area contributed by atoms with Gasteiger partial charge < -0.3 is 9.64 Å². The van der Waals surface area contributed by atoms with Gasteiger partial charge in [-0.1, -0.05) is 0 Å². The highest BCUT2D eigenvalue weighted by Gasteiger charge is 2.30. The van der Waals surface area contributed by atoms with Gasteiger partial charge in [-0.2, -0.15) is 0 Å². The van der Waals surface area contributed by atoms with E-state index in [0.29, 0.717) is 18.4 Å². The Bertz CT molecular complexity index is 254. The lowest BCUT2D eigenvalue weighted by Gasteiger charge is -2.19. The molecule has 1 amide bonds.